The van der Waals surface area contributed by atoms with Crippen LogP contribution in [0.3, 0.4) is 0 Å². The second-order valence-electron chi connectivity index (χ2n) is 12.6. The minimum Gasteiger partial charge on any atom is -0.457 e. The highest BCUT2D eigenvalue weighted by Crippen LogP contribution is 2.43. The van der Waals surface area contributed by atoms with Crippen LogP contribution in [0.5, 0.6) is 0 Å². The average molecular weight is 691 g/mol. The van der Waals surface area contributed by atoms with Gasteiger partial charge in [-0.15, -0.1) is 0 Å². The van der Waals surface area contributed by atoms with Gasteiger partial charge >= 0.3 is 13.8 Å². The van der Waals surface area contributed by atoms with E-state index in [1.807, 2.05) is 0 Å². The summed E-state index contributed by atoms with van der Waals surface area (Å²) >= 11 is 0. The number of phosphoric ester groups is 1. The van der Waals surface area contributed by atoms with Crippen LogP contribution in [0.2, 0.25) is 0 Å². The van der Waals surface area contributed by atoms with E-state index in [0.29, 0.717) is 6.61 Å². The summed E-state index contributed by atoms with van der Waals surface area (Å²) in [5.41, 5.74) is 0. The summed E-state index contributed by atoms with van der Waals surface area (Å²) in [5.74, 6) is -0.395. The molecule has 0 saturated carbocycles. The number of carbonyl (C=O) groups excluding carboxylic acids is 1. The van der Waals surface area contributed by atoms with Crippen LogP contribution in [0.15, 0.2) is 24.3 Å². The van der Waals surface area contributed by atoms with Crippen molar-refractivity contribution in [3.8, 4) is 0 Å². The van der Waals surface area contributed by atoms with E-state index in [0.717, 1.165) is 64.2 Å². The fourth-order valence-electron chi connectivity index (χ4n) is 4.93. The van der Waals surface area contributed by atoms with Crippen LogP contribution in [0.4, 0.5) is 0 Å². The molecule has 0 aromatic rings. The van der Waals surface area contributed by atoms with Gasteiger partial charge in [-0.05, 0) is 64.2 Å². The maximum Gasteiger partial charge on any atom is 0.472 e. The number of carbonyl (C=O) groups is 1. The smallest absolute Gasteiger partial charge is 0.457 e. The van der Waals surface area contributed by atoms with E-state index >= 15 is 0 Å². The number of rotatable bonds is 36. The summed E-state index contributed by atoms with van der Waals surface area (Å²) in [6, 6.07) is 0. The first-order valence-corrected chi connectivity index (χ1v) is 20.3. The zero-order chi connectivity index (χ0) is 34.7. The highest BCUT2D eigenvalue weighted by atomic mass is 31.2. The standard InChI is InChI=1S/C37H71O9P/c1-3-5-7-9-11-13-15-17-18-20-22-24-26-28-30-43-33-36(34-45-47(41,42)44-32-35(39)31-38)46-37(40)29-27-25-23-21-19-16-14-12-10-8-6-4-2/h12-15,35-36,38-39H,3-11,16-34H2,1-2H3,(H,41,42)/b14-12-,15-13-. The lowest BCUT2D eigenvalue weighted by atomic mass is 10.1. The number of unbranched alkanes of at least 4 members (excludes halogenated alkanes) is 18. The van der Waals surface area contributed by atoms with E-state index in [1.165, 1.54) is 77.0 Å². The van der Waals surface area contributed by atoms with Crippen molar-refractivity contribution in [3.05, 3.63) is 24.3 Å². The van der Waals surface area contributed by atoms with Crippen molar-refractivity contribution >= 4 is 13.8 Å². The Labute approximate surface area is 287 Å². The highest BCUT2D eigenvalue weighted by molar-refractivity contribution is 7.47. The molecule has 9 nitrogen and oxygen atoms in total. The second-order valence-corrected chi connectivity index (χ2v) is 14.0. The molecule has 10 heteroatoms. The van der Waals surface area contributed by atoms with Gasteiger partial charge in [0.15, 0.2) is 0 Å². The number of aliphatic hydroxyl groups excluding tert-OH is 2. The van der Waals surface area contributed by atoms with E-state index in [1.54, 1.807) is 0 Å². The van der Waals surface area contributed by atoms with Gasteiger partial charge in [0.1, 0.15) is 12.2 Å². The molecule has 3 atom stereocenters. The van der Waals surface area contributed by atoms with Crippen molar-refractivity contribution < 1.29 is 43.0 Å². The third-order valence-electron chi connectivity index (χ3n) is 7.86. The molecule has 0 spiro atoms. The number of hydrogen-bond acceptors (Lipinski definition) is 8. The fraction of sp³-hybridized carbons (Fsp3) is 0.865. The molecule has 278 valence electrons. The molecule has 0 amide bonds. The van der Waals surface area contributed by atoms with Gasteiger partial charge in [-0.25, -0.2) is 4.57 Å². The number of ether oxygens (including phenoxy) is 2. The molecular weight excluding hydrogens is 619 g/mol. The Kier molecular flexibility index (Phi) is 34.0. The second kappa shape index (κ2) is 34.8. The Hall–Kier alpha value is -1.06. The fourth-order valence-corrected chi connectivity index (χ4v) is 5.72. The zero-order valence-electron chi connectivity index (χ0n) is 30.0. The van der Waals surface area contributed by atoms with Crippen molar-refractivity contribution in [2.75, 3.05) is 33.0 Å². The summed E-state index contributed by atoms with van der Waals surface area (Å²) in [6.07, 6.45) is 32.7. The Morgan fingerprint density at radius 3 is 1.64 bits per heavy atom. The van der Waals surface area contributed by atoms with Crippen molar-refractivity contribution in [1.82, 2.24) is 0 Å². The minimum absolute atomic E-state index is 0.0434. The Morgan fingerprint density at radius 2 is 1.09 bits per heavy atom. The Morgan fingerprint density at radius 1 is 0.638 bits per heavy atom. The summed E-state index contributed by atoms with van der Waals surface area (Å²) in [6.45, 7) is 3.45. The van der Waals surface area contributed by atoms with Crippen molar-refractivity contribution in [3.63, 3.8) is 0 Å². The van der Waals surface area contributed by atoms with E-state index in [-0.39, 0.29) is 19.6 Å². The lowest BCUT2D eigenvalue weighted by Crippen LogP contribution is -2.29. The summed E-state index contributed by atoms with van der Waals surface area (Å²) in [7, 11) is -4.51. The molecule has 0 aromatic heterocycles. The molecule has 0 saturated heterocycles. The molecule has 3 unspecified atom stereocenters. The van der Waals surface area contributed by atoms with Gasteiger partial charge in [-0.3, -0.25) is 13.8 Å². The van der Waals surface area contributed by atoms with Crippen LogP contribution in [0.1, 0.15) is 162 Å². The number of esters is 1. The summed E-state index contributed by atoms with van der Waals surface area (Å²) < 4.78 is 33.2. The molecule has 0 radical (unpaired) electrons. The van der Waals surface area contributed by atoms with E-state index in [2.05, 4.69) is 38.2 Å². The van der Waals surface area contributed by atoms with Crippen molar-refractivity contribution in [2.24, 2.45) is 0 Å². The molecule has 0 aliphatic carbocycles. The van der Waals surface area contributed by atoms with Crippen molar-refractivity contribution in [1.29, 1.82) is 0 Å². The lowest BCUT2D eigenvalue weighted by Gasteiger charge is -2.20. The average Bonchev–Trinajstić information content (AvgIpc) is 3.06. The molecule has 0 bridgehead atoms. The van der Waals surface area contributed by atoms with Crippen LogP contribution in [0.25, 0.3) is 0 Å². The third-order valence-corrected chi connectivity index (χ3v) is 8.81. The molecule has 0 aromatic carbocycles. The first-order chi connectivity index (χ1) is 22.8. The number of hydrogen-bond donors (Lipinski definition) is 3. The Balaban J connectivity index is 4.26. The quantitative estimate of drug-likeness (QED) is 0.0254. The van der Waals surface area contributed by atoms with Crippen LogP contribution in [0, 0.1) is 0 Å². The normalized spacial score (nSPS) is 14.6. The monoisotopic (exact) mass is 690 g/mol. The van der Waals surface area contributed by atoms with Crippen LogP contribution in [-0.2, 0) is 27.9 Å². The lowest BCUT2D eigenvalue weighted by molar-refractivity contribution is -0.154. The number of phosphoric acid groups is 1. The highest BCUT2D eigenvalue weighted by Gasteiger charge is 2.26. The first-order valence-electron chi connectivity index (χ1n) is 18.8. The number of allylic oxidation sites excluding steroid dienone is 4. The van der Waals surface area contributed by atoms with Crippen LogP contribution < -0.4 is 0 Å². The molecule has 3 N–H and O–H groups in total. The van der Waals surface area contributed by atoms with Crippen LogP contribution >= 0.6 is 7.82 Å². The first kappa shape index (κ1) is 45.9. The van der Waals surface area contributed by atoms with Gasteiger partial charge in [0.05, 0.1) is 26.4 Å². The van der Waals surface area contributed by atoms with E-state index < -0.39 is 39.2 Å². The largest absolute Gasteiger partial charge is 0.472 e. The molecule has 0 rings (SSSR count). The molecule has 0 aliphatic heterocycles. The van der Waals surface area contributed by atoms with Gasteiger partial charge in [0.2, 0.25) is 0 Å². The predicted octanol–water partition coefficient (Wildman–Crippen LogP) is 9.53. The van der Waals surface area contributed by atoms with Gasteiger partial charge in [0, 0.05) is 13.0 Å². The molecule has 0 fully saturated rings. The molecule has 47 heavy (non-hydrogen) atoms. The summed E-state index contributed by atoms with van der Waals surface area (Å²) in [4.78, 5) is 22.4. The van der Waals surface area contributed by atoms with Gasteiger partial charge in [-0.1, -0.05) is 115 Å². The number of aliphatic hydroxyl groups is 2. The van der Waals surface area contributed by atoms with Crippen molar-refractivity contribution in [2.45, 2.75) is 174 Å². The maximum absolute atomic E-state index is 12.5. The third kappa shape index (κ3) is 34.6. The summed E-state index contributed by atoms with van der Waals surface area (Å²) in [5, 5.41) is 18.3. The minimum atomic E-state index is -4.51. The Bertz CT molecular complexity index is 790. The van der Waals surface area contributed by atoms with Gasteiger partial charge in [0.25, 0.3) is 0 Å². The zero-order valence-corrected chi connectivity index (χ0v) is 30.9. The molecule has 0 aliphatic rings. The van der Waals surface area contributed by atoms with Gasteiger partial charge in [-0.2, -0.15) is 0 Å². The molecule has 0 heterocycles. The predicted molar refractivity (Wildman–Crippen MR) is 191 cm³/mol. The van der Waals surface area contributed by atoms with Crippen LogP contribution in [-0.4, -0.2) is 66.3 Å². The van der Waals surface area contributed by atoms with E-state index in [9.17, 15) is 19.4 Å². The molecular formula is C37H71O9P. The SMILES string of the molecule is CCCCC/C=C\CCCCCCCC(=O)OC(COCCCCCCCC/C=C\CCCCCC)COP(=O)(O)OCC(O)CO. The van der Waals surface area contributed by atoms with Gasteiger partial charge < -0.3 is 24.6 Å². The van der Waals surface area contributed by atoms with E-state index in [4.69, 9.17) is 23.6 Å². The maximum atomic E-state index is 12.5. The topological polar surface area (TPSA) is 132 Å².